The van der Waals surface area contributed by atoms with E-state index in [1.165, 1.54) is 33.7 Å². The summed E-state index contributed by atoms with van der Waals surface area (Å²) in [4.78, 5) is 33.9. The Morgan fingerprint density at radius 3 is 2.02 bits per heavy atom. The van der Waals surface area contributed by atoms with E-state index in [0.29, 0.717) is 5.13 Å². The average Bonchev–Trinajstić information content (AvgIpc) is 3.77. The molecule has 0 saturated carbocycles. The van der Waals surface area contributed by atoms with E-state index in [1.807, 2.05) is 13.1 Å². The number of fused-ring (bicyclic) bond motifs is 2. The maximum absolute atomic E-state index is 11.2. The SMILES string of the molecule is CNC(=O)Nc1ncc(CCc2ncnc3c2CC=C3)s1.CNc1ccc(CCc2ncnc3c2CC=C3)cc1. The fourth-order valence-corrected chi connectivity index (χ4v) is 5.46. The van der Waals surface area contributed by atoms with Gasteiger partial charge in [-0.25, -0.2) is 29.7 Å². The molecule has 3 N–H and O–H groups in total. The van der Waals surface area contributed by atoms with Crippen LogP contribution in [-0.4, -0.2) is 45.0 Å². The molecular formula is C30H32N8OS. The van der Waals surface area contributed by atoms with Crippen molar-refractivity contribution in [3.8, 4) is 0 Å². The van der Waals surface area contributed by atoms with Crippen LogP contribution in [0.15, 0.2) is 55.3 Å². The highest BCUT2D eigenvalue weighted by Crippen LogP contribution is 2.24. The number of carbonyl (C=O) groups is 1. The first kappa shape index (κ1) is 27.1. The molecule has 9 nitrogen and oxygen atoms in total. The summed E-state index contributed by atoms with van der Waals surface area (Å²) in [6, 6.07) is 8.31. The van der Waals surface area contributed by atoms with E-state index in [4.69, 9.17) is 0 Å². The monoisotopic (exact) mass is 552 g/mol. The maximum atomic E-state index is 11.2. The molecule has 204 valence electrons. The first-order valence-electron chi connectivity index (χ1n) is 13.3. The van der Waals surface area contributed by atoms with E-state index in [-0.39, 0.29) is 6.03 Å². The number of nitrogens with one attached hydrogen (secondary N) is 3. The molecule has 0 saturated heterocycles. The predicted molar refractivity (Wildman–Crippen MR) is 161 cm³/mol. The molecule has 3 aromatic heterocycles. The van der Waals surface area contributed by atoms with Gasteiger partial charge < -0.3 is 10.6 Å². The predicted octanol–water partition coefficient (Wildman–Crippen LogP) is 4.91. The molecule has 3 heterocycles. The Labute approximate surface area is 238 Å². The number of benzene rings is 1. The van der Waals surface area contributed by atoms with Gasteiger partial charge in [-0.3, -0.25) is 5.32 Å². The molecule has 4 aromatic rings. The molecule has 0 atom stereocenters. The van der Waals surface area contributed by atoms with Crippen molar-refractivity contribution in [3.63, 3.8) is 0 Å². The minimum atomic E-state index is -0.254. The highest BCUT2D eigenvalue weighted by atomic mass is 32.1. The van der Waals surface area contributed by atoms with Crippen LogP contribution in [0.1, 0.15) is 44.3 Å². The number of aromatic nitrogens is 5. The van der Waals surface area contributed by atoms with Crippen LogP contribution >= 0.6 is 11.3 Å². The van der Waals surface area contributed by atoms with Crippen LogP contribution in [0.3, 0.4) is 0 Å². The lowest BCUT2D eigenvalue weighted by molar-refractivity contribution is 0.254. The summed E-state index contributed by atoms with van der Waals surface area (Å²) < 4.78 is 0. The zero-order chi connectivity index (χ0) is 27.7. The molecule has 0 bridgehead atoms. The molecule has 2 aliphatic rings. The van der Waals surface area contributed by atoms with Crippen LogP contribution in [-0.2, 0) is 38.5 Å². The number of aryl methyl sites for hydroxylation is 4. The summed E-state index contributed by atoms with van der Waals surface area (Å²) in [5, 5.41) is 8.92. The first-order chi connectivity index (χ1) is 19.6. The molecule has 0 fully saturated rings. The van der Waals surface area contributed by atoms with Crippen LogP contribution < -0.4 is 16.0 Å². The molecule has 0 spiro atoms. The van der Waals surface area contributed by atoms with Crippen LogP contribution in [0.2, 0.25) is 0 Å². The van der Waals surface area contributed by atoms with Crippen LogP contribution in [0.25, 0.3) is 12.2 Å². The topological polar surface area (TPSA) is 118 Å². The normalized spacial score (nSPS) is 12.3. The van der Waals surface area contributed by atoms with E-state index in [2.05, 4.69) is 83.4 Å². The first-order valence-corrected chi connectivity index (χ1v) is 14.1. The van der Waals surface area contributed by atoms with Crippen LogP contribution in [0.5, 0.6) is 0 Å². The number of hydrogen-bond acceptors (Lipinski definition) is 8. The van der Waals surface area contributed by atoms with Gasteiger partial charge in [0.25, 0.3) is 0 Å². The maximum Gasteiger partial charge on any atom is 0.320 e. The van der Waals surface area contributed by atoms with Gasteiger partial charge in [-0.05, 0) is 68.4 Å². The summed E-state index contributed by atoms with van der Waals surface area (Å²) in [6.07, 6.45) is 19.1. The number of amides is 2. The summed E-state index contributed by atoms with van der Waals surface area (Å²) in [5.41, 5.74) is 9.43. The summed E-state index contributed by atoms with van der Waals surface area (Å²) >= 11 is 1.49. The Kier molecular flexibility index (Phi) is 8.87. The molecule has 1 aromatic carbocycles. The quantitative estimate of drug-likeness (QED) is 0.284. The number of anilines is 2. The van der Waals surface area contributed by atoms with Gasteiger partial charge >= 0.3 is 6.03 Å². The van der Waals surface area contributed by atoms with Gasteiger partial charge in [0, 0.05) is 53.4 Å². The molecule has 2 amide bonds. The zero-order valence-electron chi connectivity index (χ0n) is 22.6. The van der Waals surface area contributed by atoms with Gasteiger partial charge in [0.2, 0.25) is 0 Å². The van der Waals surface area contributed by atoms with Crippen LogP contribution in [0, 0.1) is 0 Å². The van der Waals surface area contributed by atoms with Crippen molar-refractivity contribution in [2.24, 2.45) is 0 Å². The smallest absolute Gasteiger partial charge is 0.320 e. The van der Waals surface area contributed by atoms with Gasteiger partial charge in [-0.15, -0.1) is 11.3 Å². The van der Waals surface area contributed by atoms with Crippen molar-refractivity contribution < 1.29 is 4.79 Å². The molecule has 0 radical (unpaired) electrons. The molecule has 10 heteroatoms. The molecule has 6 rings (SSSR count). The molecular weight excluding hydrogens is 520 g/mol. The third kappa shape index (κ3) is 6.76. The number of nitrogens with zero attached hydrogens (tertiary/aromatic N) is 5. The zero-order valence-corrected chi connectivity index (χ0v) is 23.5. The fraction of sp³-hybridized carbons (Fsp3) is 0.267. The Hall–Kier alpha value is -4.44. The number of urea groups is 1. The van der Waals surface area contributed by atoms with Gasteiger partial charge in [0.15, 0.2) is 5.13 Å². The van der Waals surface area contributed by atoms with Crippen LogP contribution in [0.4, 0.5) is 15.6 Å². The van der Waals surface area contributed by atoms with Crippen molar-refractivity contribution in [2.75, 3.05) is 24.7 Å². The third-order valence-corrected chi connectivity index (χ3v) is 7.81. The minimum Gasteiger partial charge on any atom is -0.388 e. The highest BCUT2D eigenvalue weighted by Gasteiger charge is 2.14. The standard InChI is InChI=1S/C16H17N3.C14H15N5OS/c1-17-13-8-5-12(6-9-13)7-10-16-14-3-2-4-15(14)18-11-19-16;1-15-13(20)19-14-16-7-9(21-14)5-6-12-10-3-2-4-11(10)17-8-18-12/h2,4-6,8-9,11,17H,3,7,10H2,1H3;2,4,7-8H,3,5-6H2,1H3,(H2,15,16,19,20). The Bertz CT molecular complexity index is 1530. The van der Waals surface area contributed by atoms with Gasteiger partial charge in [-0.2, -0.15) is 0 Å². The lowest BCUT2D eigenvalue weighted by Gasteiger charge is -2.07. The Morgan fingerprint density at radius 2 is 1.43 bits per heavy atom. The number of allylic oxidation sites excluding steroid dienone is 2. The second-order valence-electron chi connectivity index (χ2n) is 9.36. The molecule has 0 unspecified atom stereocenters. The number of thiazole rings is 1. The highest BCUT2D eigenvalue weighted by molar-refractivity contribution is 7.15. The van der Waals surface area contributed by atoms with Crippen molar-refractivity contribution in [3.05, 3.63) is 99.6 Å². The second kappa shape index (κ2) is 13.1. The van der Waals surface area contributed by atoms with Crippen molar-refractivity contribution in [1.29, 1.82) is 0 Å². The minimum absolute atomic E-state index is 0.254. The molecule has 0 aliphatic heterocycles. The molecule has 40 heavy (non-hydrogen) atoms. The van der Waals surface area contributed by atoms with Crippen molar-refractivity contribution in [2.45, 2.75) is 38.5 Å². The Balaban J connectivity index is 0.000000162. The van der Waals surface area contributed by atoms with E-state index >= 15 is 0 Å². The summed E-state index contributed by atoms with van der Waals surface area (Å²) in [7, 11) is 3.51. The average molecular weight is 553 g/mol. The van der Waals surface area contributed by atoms with Gasteiger partial charge in [-0.1, -0.05) is 24.3 Å². The fourth-order valence-electron chi connectivity index (χ4n) is 4.65. The number of carbonyl (C=O) groups excluding carboxylic acids is 1. The summed E-state index contributed by atoms with van der Waals surface area (Å²) in [5.74, 6) is 0. The number of rotatable bonds is 8. The third-order valence-electron chi connectivity index (χ3n) is 6.83. The van der Waals surface area contributed by atoms with Gasteiger partial charge in [0.1, 0.15) is 12.7 Å². The lowest BCUT2D eigenvalue weighted by Crippen LogP contribution is -2.24. The summed E-state index contributed by atoms with van der Waals surface area (Å²) in [6.45, 7) is 0. The van der Waals surface area contributed by atoms with Gasteiger partial charge in [0.05, 0.1) is 11.4 Å². The van der Waals surface area contributed by atoms with E-state index < -0.39 is 0 Å². The largest absolute Gasteiger partial charge is 0.388 e. The second-order valence-corrected chi connectivity index (χ2v) is 10.5. The van der Waals surface area contributed by atoms with Crippen molar-refractivity contribution >= 4 is 40.3 Å². The van der Waals surface area contributed by atoms with E-state index in [1.54, 1.807) is 25.9 Å². The Morgan fingerprint density at radius 1 is 0.800 bits per heavy atom. The lowest BCUT2D eigenvalue weighted by atomic mass is 10.0. The molecule has 2 aliphatic carbocycles. The van der Waals surface area contributed by atoms with E-state index in [0.717, 1.165) is 66.2 Å². The van der Waals surface area contributed by atoms with E-state index in [9.17, 15) is 4.79 Å². The number of hydrogen-bond donors (Lipinski definition) is 3. The van der Waals surface area contributed by atoms with Crippen molar-refractivity contribution in [1.82, 2.24) is 30.2 Å².